The average Bonchev–Trinajstić information content (AvgIpc) is 2.95. The lowest BCUT2D eigenvalue weighted by molar-refractivity contribution is -0.137. The summed E-state index contributed by atoms with van der Waals surface area (Å²) in [5.74, 6) is -0.653. The van der Waals surface area contributed by atoms with Crippen LogP contribution in [0.2, 0.25) is 0 Å². The summed E-state index contributed by atoms with van der Waals surface area (Å²) in [5.41, 5.74) is -1.25. The second kappa shape index (κ2) is 6.25. The van der Waals surface area contributed by atoms with Gasteiger partial charge in [0.1, 0.15) is 6.04 Å². The molecule has 1 fully saturated rings. The Kier molecular flexibility index (Phi) is 4.58. The summed E-state index contributed by atoms with van der Waals surface area (Å²) in [4.78, 5) is 25.0. The van der Waals surface area contributed by atoms with E-state index in [9.17, 15) is 22.8 Å². The van der Waals surface area contributed by atoms with Crippen molar-refractivity contribution in [3.05, 3.63) is 29.8 Å². The fourth-order valence-corrected chi connectivity index (χ4v) is 2.43. The third kappa shape index (κ3) is 3.32. The number of carbonyl (C=O) groups excluding carboxylic acids is 2. The van der Waals surface area contributed by atoms with Crippen molar-refractivity contribution in [3.63, 3.8) is 0 Å². The van der Waals surface area contributed by atoms with E-state index in [2.05, 4.69) is 10.1 Å². The van der Waals surface area contributed by atoms with Gasteiger partial charge < -0.3 is 10.1 Å². The lowest BCUT2D eigenvalue weighted by Crippen LogP contribution is -2.43. The maximum atomic E-state index is 12.9. The molecule has 2 rings (SSSR count). The standard InChI is InChI=1S/C14H15F3N2O3/c1-22-13(21)19-8-4-7-11(19)12(20)18-10-6-3-2-5-9(10)14(15,16)17/h2-3,5-6,11H,4,7-8H2,1H3,(H,18,20). The van der Waals surface area contributed by atoms with Crippen LogP contribution in [-0.4, -0.2) is 36.6 Å². The fraction of sp³-hybridized carbons (Fsp3) is 0.429. The minimum Gasteiger partial charge on any atom is -0.453 e. The van der Waals surface area contributed by atoms with E-state index in [0.717, 1.165) is 6.07 Å². The molecule has 1 N–H and O–H groups in total. The Balaban J connectivity index is 2.18. The van der Waals surface area contributed by atoms with Gasteiger partial charge in [0.05, 0.1) is 18.4 Å². The SMILES string of the molecule is COC(=O)N1CCCC1C(=O)Nc1ccccc1C(F)(F)F. The topological polar surface area (TPSA) is 58.6 Å². The Labute approximate surface area is 125 Å². The third-order valence-corrected chi connectivity index (χ3v) is 3.45. The number of ether oxygens (including phenoxy) is 1. The first-order valence-electron chi connectivity index (χ1n) is 6.66. The molecule has 1 heterocycles. The predicted octanol–water partition coefficient (Wildman–Crippen LogP) is 2.87. The van der Waals surface area contributed by atoms with E-state index in [-0.39, 0.29) is 5.69 Å². The van der Waals surface area contributed by atoms with Crippen LogP contribution in [0.5, 0.6) is 0 Å². The Morgan fingerprint density at radius 3 is 2.64 bits per heavy atom. The summed E-state index contributed by atoms with van der Waals surface area (Å²) >= 11 is 0. The van der Waals surface area contributed by atoms with Crippen molar-refractivity contribution in [1.29, 1.82) is 0 Å². The molecule has 1 unspecified atom stereocenters. The number of anilines is 1. The number of alkyl halides is 3. The molecule has 0 aromatic heterocycles. The molecule has 2 amide bonds. The zero-order valence-corrected chi connectivity index (χ0v) is 11.8. The van der Waals surface area contributed by atoms with Crippen LogP contribution in [-0.2, 0) is 15.7 Å². The maximum absolute atomic E-state index is 12.9. The van der Waals surface area contributed by atoms with E-state index in [1.54, 1.807) is 0 Å². The minimum absolute atomic E-state index is 0.322. The van der Waals surface area contributed by atoms with E-state index in [4.69, 9.17) is 0 Å². The average molecular weight is 316 g/mol. The Bertz CT molecular complexity index is 575. The number of nitrogens with one attached hydrogen (secondary N) is 1. The monoisotopic (exact) mass is 316 g/mol. The molecule has 1 aliphatic rings. The highest BCUT2D eigenvalue weighted by atomic mass is 19.4. The maximum Gasteiger partial charge on any atom is 0.418 e. The van der Waals surface area contributed by atoms with Gasteiger partial charge >= 0.3 is 12.3 Å². The van der Waals surface area contributed by atoms with Crippen molar-refractivity contribution >= 4 is 17.7 Å². The van der Waals surface area contributed by atoms with Crippen LogP contribution >= 0.6 is 0 Å². The molecule has 0 radical (unpaired) electrons. The molecular formula is C14H15F3N2O3. The van der Waals surface area contributed by atoms with E-state index in [1.165, 1.54) is 30.2 Å². The van der Waals surface area contributed by atoms with Gasteiger partial charge in [0.25, 0.3) is 0 Å². The van der Waals surface area contributed by atoms with Gasteiger partial charge in [-0.3, -0.25) is 9.69 Å². The molecule has 5 nitrogen and oxygen atoms in total. The van der Waals surface area contributed by atoms with Crippen molar-refractivity contribution in [3.8, 4) is 0 Å². The van der Waals surface area contributed by atoms with E-state index in [1.807, 2.05) is 0 Å². The molecule has 1 saturated heterocycles. The summed E-state index contributed by atoms with van der Waals surface area (Å²) in [6.07, 6.45) is -4.26. The van der Waals surface area contributed by atoms with Gasteiger partial charge in [-0.15, -0.1) is 0 Å². The highest BCUT2D eigenvalue weighted by Gasteiger charge is 2.37. The molecule has 0 spiro atoms. The van der Waals surface area contributed by atoms with Crippen molar-refractivity contribution in [2.75, 3.05) is 19.0 Å². The van der Waals surface area contributed by atoms with Gasteiger partial charge in [-0.05, 0) is 25.0 Å². The molecule has 0 saturated carbocycles. The summed E-state index contributed by atoms with van der Waals surface area (Å²) in [6, 6.07) is 3.89. The number of amides is 2. The van der Waals surface area contributed by atoms with Crippen molar-refractivity contribution in [2.45, 2.75) is 25.1 Å². The van der Waals surface area contributed by atoms with Gasteiger partial charge in [0.2, 0.25) is 5.91 Å². The second-order valence-corrected chi connectivity index (χ2v) is 4.85. The number of benzene rings is 1. The van der Waals surface area contributed by atoms with E-state index in [0.29, 0.717) is 19.4 Å². The molecule has 1 aliphatic heterocycles. The molecule has 0 aliphatic carbocycles. The van der Waals surface area contributed by atoms with Crippen LogP contribution in [0.4, 0.5) is 23.7 Å². The molecule has 1 aromatic rings. The van der Waals surface area contributed by atoms with E-state index < -0.39 is 29.8 Å². The number of para-hydroxylation sites is 1. The minimum atomic E-state index is -4.57. The van der Waals surface area contributed by atoms with Gasteiger partial charge in [-0.1, -0.05) is 12.1 Å². The molecule has 1 atom stereocenters. The smallest absolute Gasteiger partial charge is 0.418 e. The number of rotatable bonds is 2. The van der Waals surface area contributed by atoms with Gasteiger partial charge in [-0.2, -0.15) is 13.2 Å². The Morgan fingerprint density at radius 1 is 1.32 bits per heavy atom. The summed E-state index contributed by atoms with van der Waals surface area (Å²) < 4.78 is 43.3. The number of methoxy groups -OCH3 is 1. The van der Waals surface area contributed by atoms with Crippen LogP contribution < -0.4 is 5.32 Å². The van der Waals surface area contributed by atoms with Crippen molar-refractivity contribution in [2.24, 2.45) is 0 Å². The highest BCUT2D eigenvalue weighted by molar-refractivity contribution is 5.97. The zero-order chi connectivity index (χ0) is 16.3. The Hall–Kier alpha value is -2.25. The molecule has 22 heavy (non-hydrogen) atoms. The number of hydrogen-bond acceptors (Lipinski definition) is 3. The predicted molar refractivity (Wildman–Crippen MR) is 72.2 cm³/mol. The summed E-state index contributed by atoms with van der Waals surface area (Å²) in [5, 5.41) is 2.26. The fourth-order valence-electron chi connectivity index (χ4n) is 2.43. The molecule has 8 heteroatoms. The molecule has 1 aromatic carbocycles. The first-order chi connectivity index (χ1) is 10.3. The first-order valence-corrected chi connectivity index (χ1v) is 6.66. The van der Waals surface area contributed by atoms with Crippen LogP contribution in [0.3, 0.4) is 0 Å². The van der Waals surface area contributed by atoms with E-state index >= 15 is 0 Å². The van der Waals surface area contributed by atoms with Gasteiger partial charge in [-0.25, -0.2) is 4.79 Å². The van der Waals surface area contributed by atoms with Gasteiger partial charge in [0, 0.05) is 6.54 Å². The molecular weight excluding hydrogens is 301 g/mol. The summed E-state index contributed by atoms with van der Waals surface area (Å²) in [7, 11) is 1.19. The lowest BCUT2D eigenvalue weighted by atomic mass is 10.1. The van der Waals surface area contributed by atoms with Crippen molar-refractivity contribution < 1.29 is 27.5 Å². The van der Waals surface area contributed by atoms with Crippen LogP contribution in [0.15, 0.2) is 24.3 Å². The van der Waals surface area contributed by atoms with Crippen LogP contribution in [0.1, 0.15) is 18.4 Å². The van der Waals surface area contributed by atoms with Crippen LogP contribution in [0, 0.1) is 0 Å². The summed E-state index contributed by atoms with van der Waals surface area (Å²) in [6.45, 7) is 0.339. The number of hydrogen-bond donors (Lipinski definition) is 1. The number of nitrogens with zero attached hydrogens (tertiary/aromatic N) is 1. The Morgan fingerprint density at radius 2 is 2.00 bits per heavy atom. The normalized spacial score (nSPS) is 18.2. The first kappa shape index (κ1) is 16.1. The van der Waals surface area contributed by atoms with Crippen LogP contribution in [0.25, 0.3) is 0 Å². The third-order valence-electron chi connectivity index (χ3n) is 3.45. The molecule has 0 bridgehead atoms. The lowest BCUT2D eigenvalue weighted by Gasteiger charge is -2.23. The number of carbonyl (C=O) groups is 2. The van der Waals surface area contributed by atoms with Gasteiger partial charge in [0.15, 0.2) is 0 Å². The van der Waals surface area contributed by atoms with Crippen molar-refractivity contribution in [1.82, 2.24) is 4.90 Å². The largest absolute Gasteiger partial charge is 0.453 e. The highest BCUT2D eigenvalue weighted by Crippen LogP contribution is 2.34. The second-order valence-electron chi connectivity index (χ2n) is 4.85. The number of halogens is 3. The molecule has 120 valence electrons. The number of likely N-dealkylation sites (tertiary alicyclic amines) is 1. The zero-order valence-electron chi connectivity index (χ0n) is 11.8. The quantitative estimate of drug-likeness (QED) is 0.913.